The molecule has 0 heterocycles. The van der Waals surface area contributed by atoms with E-state index in [1.165, 1.54) is 26.2 Å². The smallest absolute Gasteiger partial charge is 0.253 e. The van der Waals surface area contributed by atoms with E-state index in [-0.39, 0.29) is 39.0 Å². The molecule has 0 saturated heterocycles. The second-order valence-corrected chi connectivity index (χ2v) is 12.4. The quantitative estimate of drug-likeness (QED) is 0.428. The number of nitrogens with zero attached hydrogens (tertiary/aromatic N) is 1. The van der Waals surface area contributed by atoms with Crippen LogP contribution in [0, 0.1) is 16.7 Å². The van der Waals surface area contributed by atoms with Crippen LogP contribution in [0.2, 0.25) is 5.02 Å². The minimum absolute atomic E-state index is 0.00986. The van der Waals surface area contributed by atoms with Crippen LogP contribution in [0.25, 0.3) is 0 Å². The van der Waals surface area contributed by atoms with E-state index in [1.54, 1.807) is 0 Å². The van der Waals surface area contributed by atoms with E-state index < -0.39 is 31.5 Å². The molecule has 2 aliphatic carbocycles. The first-order chi connectivity index (χ1) is 14.7. The van der Waals surface area contributed by atoms with E-state index in [9.17, 15) is 23.1 Å². The molecule has 3 atom stereocenters. The Labute approximate surface area is 192 Å². The second-order valence-electron chi connectivity index (χ2n) is 9.90. The molecule has 0 amide bonds. The molecule has 2 aromatic rings. The van der Waals surface area contributed by atoms with Gasteiger partial charge in [0.05, 0.1) is 10.7 Å². The monoisotopic (exact) mass is 481 g/mol. The Bertz CT molecular complexity index is 1280. The van der Waals surface area contributed by atoms with Crippen molar-refractivity contribution in [3.63, 3.8) is 0 Å². The average molecular weight is 482 g/mol. The molecule has 8 nitrogen and oxygen atoms in total. The highest BCUT2D eigenvalue weighted by Gasteiger charge is 2.61. The molecule has 2 fully saturated rings. The van der Waals surface area contributed by atoms with Crippen molar-refractivity contribution in [3.05, 3.63) is 37.6 Å². The van der Waals surface area contributed by atoms with E-state index >= 15 is 0 Å². The van der Waals surface area contributed by atoms with Gasteiger partial charge in [0.2, 0.25) is 10.0 Å². The summed E-state index contributed by atoms with van der Waals surface area (Å²) in [6.45, 7) is 6.73. The lowest BCUT2D eigenvalue weighted by Gasteiger charge is -2.40. The lowest BCUT2D eigenvalue weighted by atomic mass is 9.69. The third-order valence-corrected chi connectivity index (χ3v) is 10.4. The molecule has 2 bridgehead atoms. The van der Waals surface area contributed by atoms with Crippen LogP contribution in [-0.2, 0) is 10.0 Å². The van der Waals surface area contributed by atoms with Gasteiger partial charge in [-0.3, -0.25) is 9.59 Å². The molecule has 3 N–H and O–H groups in total. The summed E-state index contributed by atoms with van der Waals surface area (Å²) in [5.41, 5.74) is -1.05. The number of nitrogens with one attached hydrogen (secondary N) is 2. The highest BCUT2D eigenvalue weighted by molar-refractivity contribution is 7.89. The maximum absolute atomic E-state index is 12.6. The zero-order chi connectivity index (χ0) is 23.8. The maximum Gasteiger partial charge on any atom is 0.253 e. The van der Waals surface area contributed by atoms with Crippen molar-refractivity contribution in [1.82, 2.24) is 4.31 Å². The largest absolute Gasteiger partial charge is 0.504 e. The molecule has 2 saturated carbocycles. The van der Waals surface area contributed by atoms with Crippen LogP contribution in [0.4, 0.5) is 17.1 Å². The van der Waals surface area contributed by atoms with Crippen molar-refractivity contribution in [3.8, 4) is 5.75 Å². The summed E-state index contributed by atoms with van der Waals surface area (Å²) in [6.07, 6.45) is 3.11. The van der Waals surface area contributed by atoms with E-state index in [0.29, 0.717) is 5.92 Å². The van der Waals surface area contributed by atoms with Crippen LogP contribution in [0.5, 0.6) is 5.75 Å². The van der Waals surface area contributed by atoms with Crippen LogP contribution >= 0.6 is 11.6 Å². The molecule has 0 spiro atoms. The minimum Gasteiger partial charge on any atom is -0.504 e. The second kappa shape index (κ2) is 7.20. The fraction of sp³-hybridized carbons (Fsp3) is 0.545. The van der Waals surface area contributed by atoms with Crippen molar-refractivity contribution < 1.29 is 13.5 Å². The van der Waals surface area contributed by atoms with Gasteiger partial charge in [-0.05, 0) is 48.1 Å². The Morgan fingerprint density at radius 3 is 2.28 bits per heavy atom. The summed E-state index contributed by atoms with van der Waals surface area (Å²) in [5.74, 6) is -0.0646. The molecule has 2 aromatic carbocycles. The van der Waals surface area contributed by atoms with Crippen molar-refractivity contribution in [2.45, 2.75) is 51.0 Å². The lowest BCUT2D eigenvalue weighted by molar-refractivity contribution is 0.142. The maximum atomic E-state index is 12.6. The number of anilines is 3. The summed E-state index contributed by atoms with van der Waals surface area (Å²) in [7, 11) is -1.40. The fourth-order valence-corrected chi connectivity index (χ4v) is 6.93. The number of sulfonamides is 1. The molecule has 3 unspecified atom stereocenters. The van der Waals surface area contributed by atoms with E-state index in [2.05, 4.69) is 31.4 Å². The van der Waals surface area contributed by atoms with Gasteiger partial charge in [0.25, 0.3) is 10.9 Å². The van der Waals surface area contributed by atoms with Crippen LogP contribution in [-0.4, -0.2) is 38.0 Å². The van der Waals surface area contributed by atoms with E-state index in [1.807, 2.05) is 0 Å². The number of aromatic hydroxyl groups is 1. The van der Waals surface area contributed by atoms with Gasteiger partial charge < -0.3 is 15.7 Å². The first-order valence-electron chi connectivity index (χ1n) is 10.5. The first-order valence-corrected chi connectivity index (χ1v) is 12.4. The van der Waals surface area contributed by atoms with Crippen LogP contribution in [0.3, 0.4) is 0 Å². The molecular formula is C22H28ClN3O5S. The van der Waals surface area contributed by atoms with Gasteiger partial charge in [-0.15, -0.1) is 0 Å². The van der Waals surface area contributed by atoms with Crippen LogP contribution in [0.1, 0.15) is 40.0 Å². The lowest BCUT2D eigenvalue weighted by Crippen LogP contribution is -2.45. The van der Waals surface area contributed by atoms with Gasteiger partial charge >= 0.3 is 0 Å². The molecule has 174 valence electrons. The topological polar surface area (TPSA) is 116 Å². The Morgan fingerprint density at radius 2 is 1.75 bits per heavy atom. The van der Waals surface area contributed by atoms with Crippen LogP contribution in [0.15, 0.2) is 26.6 Å². The molecule has 32 heavy (non-hydrogen) atoms. The highest BCUT2D eigenvalue weighted by atomic mass is 35.5. The molecular weight excluding hydrogens is 454 g/mol. The predicted octanol–water partition coefficient (Wildman–Crippen LogP) is 3.26. The number of halogens is 1. The third-order valence-electron chi connectivity index (χ3n) is 8.10. The molecule has 2 aliphatic rings. The summed E-state index contributed by atoms with van der Waals surface area (Å²) < 4.78 is 26.1. The van der Waals surface area contributed by atoms with Gasteiger partial charge in [0.15, 0.2) is 5.75 Å². The van der Waals surface area contributed by atoms with Gasteiger partial charge in [-0.25, -0.2) is 12.7 Å². The average Bonchev–Trinajstić information content (AvgIpc) is 3.04. The molecule has 10 heteroatoms. The van der Waals surface area contributed by atoms with Crippen molar-refractivity contribution in [2.75, 3.05) is 24.7 Å². The Morgan fingerprint density at radius 1 is 1.12 bits per heavy atom. The Balaban J connectivity index is 1.67. The van der Waals surface area contributed by atoms with Gasteiger partial charge in [-0.2, -0.15) is 0 Å². The zero-order valence-corrected chi connectivity index (χ0v) is 20.3. The Hall–Kier alpha value is -2.10. The summed E-state index contributed by atoms with van der Waals surface area (Å²) in [4.78, 5) is 24.3. The van der Waals surface area contributed by atoms with Crippen molar-refractivity contribution in [2.24, 2.45) is 16.7 Å². The van der Waals surface area contributed by atoms with E-state index in [0.717, 1.165) is 23.6 Å². The minimum atomic E-state index is -4.04. The van der Waals surface area contributed by atoms with Gasteiger partial charge in [0.1, 0.15) is 16.3 Å². The molecule has 0 aromatic heterocycles. The number of benzene rings is 1. The van der Waals surface area contributed by atoms with Gasteiger partial charge in [-0.1, -0.05) is 32.4 Å². The number of phenols is 1. The van der Waals surface area contributed by atoms with Crippen molar-refractivity contribution >= 4 is 38.7 Å². The normalized spacial score (nSPS) is 26.7. The third kappa shape index (κ3) is 3.01. The summed E-state index contributed by atoms with van der Waals surface area (Å²) in [5, 5.41) is 16.6. The standard InChI is InChI=1S/C22H28ClN3O5S/c1-21(2)11-8-9-22(21,3)14(10-11)25-16-15(18(28)19(16)29)24-13-7-6-12(23)20(17(13)27)32(30,31)26(4)5/h6-7,11,14,24-25,27H,8-10H2,1-5H3. The number of phenolic OH excluding ortho intramolecular Hbond substituents is 1. The molecule has 0 aliphatic heterocycles. The zero-order valence-electron chi connectivity index (χ0n) is 18.7. The van der Waals surface area contributed by atoms with Crippen LogP contribution < -0.4 is 21.5 Å². The predicted molar refractivity (Wildman–Crippen MR) is 125 cm³/mol. The Kier molecular flexibility index (Phi) is 5.19. The highest BCUT2D eigenvalue weighted by Crippen LogP contribution is 2.66. The number of rotatable bonds is 6. The van der Waals surface area contributed by atoms with Gasteiger partial charge in [0, 0.05) is 20.1 Å². The molecule has 4 rings (SSSR count). The first kappa shape index (κ1) is 23.1. The summed E-state index contributed by atoms with van der Waals surface area (Å²) in [6, 6.07) is 2.73. The molecule has 0 radical (unpaired) electrons. The van der Waals surface area contributed by atoms with Crippen molar-refractivity contribution in [1.29, 1.82) is 0 Å². The number of fused-ring (bicyclic) bond motifs is 2. The number of hydrogen-bond donors (Lipinski definition) is 3. The SMILES string of the molecule is CN(C)S(=O)(=O)c1c(Cl)ccc(Nc2c(NC3CC4CCC3(C)C4(C)C)c(=O)c2=O)c1O. The fourth-order valence-electron chi connectivity index (χ4n) is 5.45. The van der Waals surface area contributed by atoms with E-state index in [4.69, 9.17) is 11.6 Å². The number of hydrogen-bond acceptors (Lipinski definition) is 7. The summed E-state index contributed by atoms with van der Waals surface area (Å²) >= 11 is 6.05.